The first-order valence-corrected chi connectivity index (χ1v) is 6.06. The Morgan fingerprint density at radius 3 is 2.71 bits per heavy atom. The monoisotopic (exact) mass is 284 g/mol. The molecule has 1 heterocycles. The van der Waals surface area contributed by atoms with E-state index in [4.69, 9.17) is 5.11 Å². The van der Waals surface area contributed by atoms with E-state index >= 15 is 0 Å². The van der Waals surface area contributed by atoms with E-state index < -0.39 is 17.4 Å². The van der Waals surface area contributed by atoms with E-state index in [0.29, 0.717) is 11.3 Å². The summed E-state index contributed by atoms with van der Waals surface area (Å²) in [4.78, 5) is 36.4. The molecule has 0 spiro atoms. The molecule has 1 aromatic carbocycles. The van der Waals surface area contributed by atoms with E-state index in [1.165, 1.54) is 18.3 Å². The molecule has 106 valence electrons. The first-order valence-electron chi connectivity index (χ1n) is 6.06. The summed E-state index contributed by atoms with van der Waals surface area (Å²) in [5, 5.41) is 11.2. The second-order valence-corrected chi connectivity index (χ2v) is 4.16. The molecule has 1 aromatic heterocycles. The summed E-state index contributed by atoms with van der Waals surface area (Å²) in [5.74, 6) is -1.59. The highest BCUT2D eigenvalue weighted by molar-refractivity contribution is 6.04. The molecule has 0 aliphatic carbocycles. The van der Waals surface area contributed by atoms with Crippen molar-refractivity contribution in [1.82, 2.24) is 4.98 Å². The van der Waals surface area contributed by atoms with Gasteiger partial charge in [0.15, 0.2) is 0 Å². The summed E-state index contributed by atoms with van der Waals surface area (Å²) in [7, 11) is 0. The van der Waals surface area contributed by atoms with Crippen LogP contribution in [0.5, 0.6) is 0 Å². The van der Waals surface area contributed by atoms with Gasteiger partial charge in [0.1, 0.15) is 5.56 Å². The quantitative estimate of drug-likeness (QED) is 0.744. The molecule has 2 aromatic rings. The molecular formula is C15H12N2O4. The maximum atomic E-state index is 12.0. The zero-order valence-corrected chi connectivity index (χ0v) is 10.9. The van der Waals surface area contributed by atoms with Gasteiger partial charge in [0, 0.05) is 18.0 Å². The molecule has 0 bridgehead atoms. The van der Waals surface area contributed by atoms with Gasteiger partial charge in [0.2, 0.25) is 0 Å². The van der Waals surface area contributed by atoms with Crippen molar-refractivity contribution in [3.8, 4) is 0 Å². The Hall–Kier alpha value is -3.15. The van der Waals surface area contributed by atoms with Gasteiger partial charge < -0.3 is 15.4 Å². The van der Waals surface area contributed by atoms with Gasteiger partial charge in [-0.25, -0.2) is 4.79 Å². The number of carboxylic acid groups (broad SMARTS) is 1. The lowest BCUT2D eigenvalue weighted by Gasteiger charge is -2.05. The van der Waals surface area contributed by atoms with Crippen molar-refractivity contribution in [2.45, 2.75) is 0 Å². The predicted octanol–water partition coefficient (Wildman–Crippen LogP) is 1.72. The van der Waals surface area contributed by atoms with Crippen LogP contribution < -0.4 is 10.9 Å². The average molecular weight is 284 g/mol. The summed E-state index contributed by atoms with van der Waals surface area (Å²) in [6, 6.07) is 9.60. The molecule has 21 heavy (non-hydrogen) atoms. The minimum atomic E-state index is -1.06. The van der Waals surface area contributed by atoms with Gasteiger partial charge in [-0.1, -0.05) is 12.1 Å². The number of amides is 1. The van der Waals surface area contributed by atoms with Crippen LogP contribution in [-0.2, 0) is 4.79 Å². The third-order valence-corrected chi connectivity index (χ3v) is 2.63. The molecule has 6 heteroatoms. The van der Waals surface area contributed by atoms with E-state index in [9.17, 15) is 14.4 Å². The van der Waals surface area contributed by atoms with Gasteiger partial charge in [-0.15, -0.1) is 0 Å². The van der Waals surface area contributed by atoms with Crippen LogP contribution in [0.3, 0.4) is 0 Å². The van der Waals surface area contributed by atoms with Gasteiger partial charge in [-0.3, -0.25) is 9.59 Å². The number of aliphatic carboxylic acids is 1. The van der Waals surface area contributed by atoms with Crippen LogP contribution in [0.4, 0.5) is 5.69 Å². The first-order chi connectivity index (χ1) is 10.1. The van der Waals surface area contributed by atoms with Crippen molar-refractivity contribution >= 4 is 23.6 Å². The number of aromatic amines is 1. The van der Waals surface area contributed by atoms with Crippen molar-refractivity contribution < 1.29 is 14.7 Å². The normalized spacial score (nSPS) is 10.5. The van der Waals surface area contributed by atoms with Gasteiger partial charge in [0.05, 0.1) is 0 Å². The van der Waals surface area contributed by atoms with Crippen LogP contribution in [0.2, 0.25) is 0 Å². The molecule has 0 aliphatic heterocycles. The number of aromatic nitrogens is 1. The second kappa shape index (κ2) is 6.33. The Morgan fingerprint density at radius 2 is 2.00 bits per heavy atom. The molecule has 0 radical (unpaired) electrons. The van der Waals surface area contributed by atoms with E-state index in [-0.39, 0.29) is 5.56 Å². The molecule has 0 unspecified atom stereocenters. The number of benzene rings is 1. The maximum absolute atomic E-state index is 12.0. The molecule has 1 amide bonds. The number of hydrogen-bond donors (Lipinski definition) is 3. The SMILES string of the molecule is O=C(O)C=Cc1cccc(NC(=O)c2ccc[nH]c2=O)c1. The fraction of sp³-hybridized carbons (Fsp3) is 0. The van der Waals surface area contributed by atoms with Crippen molar-refractivity contribution in [2.24, 2.45) is 0 Å². The second-order valence-electron chi connectivity index (χ2n) is 4.16. The lowest BCUT2D eigenvalue weighted by atomic mass is 10.1. The summed E-state index contributed by atoms with van der Waals surface area (Å²) < 4.78 is 0. The van der Waals surface area contributed by atoms with E-state index in [2.05, 4.69) is 10.3 Å². The number of rotatable bonds is 4. The van der Waals surface area contributed by atoms with Gasteiger partial charge in [-0.05, 0) is 35.9 Å². The van der Waals surface area contributed by atoms with E-state index in [1.807, 2.05) is 0 Å². The molecule has 0 saturated carbocycles. The highest BCUT2D eigenvalue weighted by Crippen LogP contribution is 2.12. The van der Waals surface area contributed by atoms with Gasteiger partial charge in [-0.2, -0.15) is 0 Å². The average Bonchev–Trinajstić information content (AvgIpc) is 2.46. The molecule has 3 N–H and O–H groups in total. The van der Waals surface area contributed by atoms with Gasteiger partial charge >= 0.3 is 5.97 Å². The number of anilines is 1. The van der Waals surface area contributed by atoms with Crippen LogP contribution in [-0.4, -0.2) is 22.0 Å². The Kier molecular flexibility index (Phi) is 4.30. The Morgan fingerprint density at radius 1 is 1.19 bits per heavy atom. The topological polar surface area (TPSA) is 99.3 Å². The van der Waals surface area contributed by atoms with E-state index in [0.717, 1.165) is 6.08 Å². The van der Waals surface area contributed by atoms with Crippen molar-refractivity contribution in [1.29, 1.82) is 0 Å². The molecule has 0 fully saturated rings. The molecule has 6 nitrogen and oxygen atoms in total. The van der Waals surface area contributed by atoms with Crippen LogP contribution in [0.25, 0.3) is 6.08 Å². The highest BCUT2D eigenvalue weighted by Gasteiger charge is 2.09. The van der Waals surface area contributed by atoms with Crippen LogP contribution in [0.15, 0.2) is 53.5 Å². The summed E-state index contributed by atoms with van der Waals surface area (Å²) in [6.07, 6.45) is 3.85. The predicted molar refractivity (Wildman–Crippen MR) is 78.1 cm³/mol. The molecule has 0 atom stereocenters. The Balaban J connectivity index is 2.19. The lowest BCUT2D eigenvalue weighted by Crippen LogP contribution is -2.22. The molecular weight excluding hydrogens is 272 g/mol. The summed E-state index contributed by atoms with van der Waals surface area (Å²) in [5.41, 5.74) is 0.619. The summed E-state index contributed by atoms with van der Waals surface area (Å²) >= 11 is 0. The number of H-pyrrole nitrogens is 1. The number of carbonyl (C=O) groups is 2. The third kappa shape index (κ3) is 3.90. The number of pyridine rings is 1. The van der Waals surface area contributed by atoms with E-state index in [1.54, 1.807) is 30.3 Å². The fourth-order valence-electron chi connectivity index (χ4n) is 1.69. The maximum Gasteiger partial charge on any atom is 0.328 e. The zero-order valence-electron chi connectivity index (χ0n) is 10.9. The minimum Gasteiger partial charge on any atom is -0.478 e. The van der Waals surface area contributed by atoms with Crippen LogP contribution in [0.1, 0.15) is 15.9 Å². The Labute approximate surface area is 119 Å². The molecule has 0 saturated heterocycles. The molecule has 0 aliphatic rings. The number of hydrogen-bond acceptors (Lipinski definition) is 3. The Bertz CT molecular complexity index is 762. The third-order valence-electron chi connectivity index (χ3n) is 2.63. The summed E-state index contributed by atoms with van der Waals surface area (Å²) in [6.45, 7) is 0. The van der Waals surface area contributed by atoms with Crippen molar-refractivity contribution in [3.05, 3.63) is 70.2 Å². The number of carbonyl (C=O) groups excluding carboxylic acids is 1. The number of nitrogens with one attached hydrogen (secondary N) is 2. The van der Waals surface area contributed by atoms with Crippen LogP contribution in [0, 0.1) is 0 Å². The lowest BCUT2D eigenvalue weighted by molar-refractivity contribution is -0.131. The smallest absolute Gasteiger partial charge is 0.328 e. The number of carboxylic acids is 1. The standard InChI is InChI=1S/C15H12N2O4/c18-13(19)7-6-10-3-1-4-11(9-10)17-15(21)12-5-2-8-16-14(12)20/h1-9H,(H,16,20)(H,17,21)(H,18,19). The first kappa shape index (κ1) is 14.3. The minimum absolute atomic E-state index is 0.00369. The van der Waals surface area contributed by atoms with Gasteiger partial charge in [0.25, 0.3) is 11.5 Å². The molecule has 2 rings (SSSR count). The van der Waals surface area contributed by atoms with Crippen LogP contribution >= 0.6 is 0 Å². The van der Waals surface area contributed by atoms with Crippen molar-refractivity contribution in [2.75, 3.05) is 5.32 Å². The highest BCUT2D eigenvalue weighted by atomic mass is 16.4. The van der Waals surface area contributed by atoms with Crippen molar-refractivity contribution in [3.63, 3.8) is 0 Å². The largest absolute Gasteiger partial charge is 0.478 e. The zero-order chi connectivity index (χ0) is 15.2. The fourth-order valence-corrected chi connectivity index (χ4v) is 1.69.